The quantitative estimate of drug-likeness (QED) is 0.683. The zero-order valence-electron chi connectivity index (χ0n) is 9.11. The summed E-state index contributed by atoms with van der Waals surface area (Å²) in [5, 5.41) is 12.4. The van der Waals surface area contributed by atoms with Crippen LogP contribution in [0.2, 0.25) is 0 Å². The van der Waals surface area contributed by atoms with Crippen LogP contribution < -0.4 is 5.32 Å². The predicted molar refractivity (Wildman–Crippen MR) is 57.6 cm³/mol. The highest BCUT2D eigenvalue weighted by atomic mass is 16.3. The molecule has 1 saturated heterocycles. The molecule has 0 aromatic rings. The molecule has 0 aromatic heterocycles. The van der Waals surface area contributed by atoms with Gasteiger partial charge in [0.25, 0.3) is 0 Å². The summed E-state index contributed by atoms with van der Waals surface area (Å²) >= 11 is 0. The monoisotopic (exact) mass is 212 g/mol. The fourth-order valence-electron chi connectivity index (χ4n) is 2.44. The van der Waals surface area contributed by atoms with E-state index in [1.54, 1.807) is 4.90 Å². The highest BCUT2D eigenvalue weighted by Gasteiger charge is 2.26. The molecule has 4 nitrogen and oxygen atoms in total. The fraction of sp³-hybridized carbons (Fsp3) is 0.909. The van der Waals surface area contributed by atoms with Gasteiger partial charge in [0.1, 0.15) is 0 Å². The average molecular weight is 212 g/mol. The number of nitrogens with zero attached hydrogens (tertiary/aromatic N) is 1. The highest BCUT2D eigenvalue weighted by molar-refractivity contribution is 5.74. The fourth-order valence-corrected chi connectivity index (χ4v) is 2.44. The van der Waals surface area contributed by atoms with Crippen LogP contribution in [0.3, 0.4) is 0 Å². The molecule has 0 bridgehead atoms. The number of β-amino-alcohol motifs (C(OH)–C–C–N with tert-alkyl or cyclic N) is 1. The largest absolute Gasteiger partial charge is 0.391 e. The third kappa shape index (κ3) is 2.84. The number of aliphatic hydroxyl groups excluding tert-OH is 1. The van der Waals surface area contributed by atoms with E-state index in [0.717, 1.165) is 19.3 Å². The molecular weight excluding hydrogens is 192 g/mol. The molecule has 1 aliphatic carbocycles. The summed E-state index contributed by atoms with van der Waals surface area (Å²) < 4.78 is 0. The van der Waals surface area contributed by atoms with Crippen molar-refractivity contribution in [2.75, 3.05) is 13.1 Å². The Bertz CT molecular complexity index is 227. The van der Waals surface area contributed by atoms with Gasteiger partial charge in [0, 0.05) is 19.1 Å². The lowest BCUT2D eigenvalue weighted by atomic mass is 9.96. The van der Waals surface area contributed by atoms with E-state index in [-0.39, 0.29) is 12.1 Å². The number of nitrogens with one attached hydrogen (secondary N) is 1. The van der Waals surface area contributed by atoms with Crippen LogP contribution in [0.25, 0.3) is 0 Å². The molecule has 86 valence electrons. The molecule has 1 heterocycles. The van der Waals surface area contributed by atoms with Crippen LogP contribution in [0.15, 0.2) is 0 Å². The van der Waals surface area contributed by atoms with Gasteiger partial charge in [-0.15, -0.1) is 0 Å². The SMILES string of the molecule is O=C(NC1CCCCC1)N1CC[C@H](O)C1. The van der Waals surface area contributed by atoms with Gasteiger partial charge >= 0.3 is 6.03 Å². The molecule has 4 heteroatoms. The Labute approximate surface area is 90.6 Å². The Hall–Kier alpha value is -0.770. The van der Waals surface area contributed by atoms with Gasteiger partial charge < -0.3 is 15.3 Å². The standard InChI is InChI=1S/C11H20N2O2/c14-10-6-7-13(8-10)11(15)12-9-4-2-1-3-5-9/h9-10,14H,1-8H2,(H,12,15)/t10-/m0/s1. The number of amides is 2. The van der Waals surface area contributed by atoms with Crippen molar-refractivity contribution in [2.45, 2.75) is 50.7 Å². The lowest BCUT2D eigenvalue weighted by Crippen LogP contribution is -2.44. The molecule has 2 fully saturated rings. The van der Waals surface area contributed by atoms with E-state index in [0.29, 0.717) is 19.1 Å². The number of likely N-dealkylation sites (tertiary alicyclic amines) is 1. The minimum atomic E-state index is -0.317. The Morgan fingerprint density at radius 2 is 1.93 bits per heavy atom. The van der Waals surface area contributed by atoms with E-state index in [1.165, 1.54) is 19.3 Å². The summed E-state index contributed by atoms with van der Waals surface area (Å²) in [7, 11) is 0. The van der Waals surface area contributed by atoms with Crippen molar-refractivity contribution in [2.24, 2.45) is 0 Å². The van der Waals surface area contributed by atoms with Crippen molar-refractivity contribution in [3.8, 4) is 0 Å². The van der Waals surface area contributed by atoms with Crippen molar-refractivity contribution < 1.29 is 9.90 Å². The number of hydrogen-bond acceptors (Lipinski definition) is 2. The van der Waals surface area contributed by atoms with Gasteiger partial charge in [0.15, 0.2) is 0 Å². The Morgan fingerprint density at radius 1 is 1.20 bits per heavy atom. The van der Waals surface area contributed by atoms with E-state index < -0.39 is 0 Å². The van der Waals surface area contributed by atoms with Gasteiger partial charge in [0.2, 0.25) is 0 Å². The van der Waals surface area contributed by atoms with Crippen LogP contribution in [0.4, 0.5) is 4.79 Å². The lowest BCUT2D eigenvalue weighted by molar-refractivity contribution is 0.169. The number of hydrogen-bond donors (Lipinski definition) is 2. The molecule has 0 radical (unpaired) electrons. The van der Waals surface area contributed by atoms with Gasteiger partial charge in [-0.05, 0) is 19.3 Å². The van der Waals surface area contributed by atoms with Gasteiger partial charge in [0.05, 0.1) is 6.10 Å². The number of carbonyl (C=O) groups excluding carboxylic acids is 1. The first-order chi connectivity index (χ1) is 7.25. The summed E-state index contributed by atoms with van der Waals surface area (Å²) in [6, 6.07) is 0.377. The molecule has 2 aliphatic rings. The van der Waals surface area contributed by atoms with E-state index in [1.807, 2.05) is 0 Å². The van der Waals surface area contributed by atoms with Gasteiger partial charge in [-0.3, -0.25) is 0 Å². The molecule has 0 aromatic carbocycles. The van der Waals surface area contributed by atoms with Crippen molar-refractivity contribution in [3.05, 3.63) is 0 Å². The second kappa shape index (κ2) is 4.84. The second-order valence-corrected chi connectivity index (χ2v) is 4.67. The summed E-state index contributed by atoms with van der Waals surface area (Å²) in [5.74, 6) is 0. The summed E-state index contributed by atoms with van der Waals surface area (Å²) in [4.78, 5) is 13.5. The molecule has 2 N–H and O–H groups in total. The zero-order chi connectivity index (χ0) is 10.7. The molecule has 0 spiro atoms. The van der Waals surface area contributed by atoms with Gasteiger partial charge in [-0.1, -0.05) is 19.3 Å². The lowest BCUT2D eigenvalue weighted by Gasteiger charge is -2.25. The molecule has 2 rings (SSSR count). The smallest absolute Gasteiger partial charge is 0.317 e. The van der Waals surface area contributed by atoms with Crippen molar-refractivity contribution >= 4 is 6.03 Å². The number of urea groups is 1. The van der Waals surface area contributed by atoms with Crippen molar-refractivity contribution in [1.82, 2.24) is 10.2 Å². The minimum absolute atomic E-state index is 0.0125. The highest BCUT2D eigenvalue weighted by Crippen LogP contribution is 2.18. The molecule has 0 unspecified atom stereocenters. The van der Waals surface area contributed by atoms with Gasteiger partial charge in [-0.25, -0.2) is 4.79 Å². The second-order valence-electron chi connectivity index (χ2n) is 4.67. The molecular formula is C11H20N2O2. The maximum Gasteiger partial charge on any atom is 0.317 e. The Morgan fingerprint density at radius 3 is 2.53 bits per heavy atom. The molecule has 2 amide bonds. The maximum atomic E-state index is 11.8. The molecule has 15 heavy (non-hydrogen) atoms. The Kier molecular flexibility index (Phi) is 3.46. The maximum absolute atomic E-state index is 11.8. The minimum Gasteiger partial charge on any atom is -0.391 e. The molecule has 1 saturated carbocycles. The van der Waals surface area contributed by atoms with E-state index in [2.05, 4.69) is 5.32 Å². The first kappa shape index (κ1) is 10.7. The Balaban J connectivity index is 1.76. The van der Waals surface area contributed by atoms with Crippen LogP contribution in [0.1, 0.15) is 38.5 Å². The average Bonchev–Trinajstić information content (AvgIpc) is 2.66. The number of carbonyl (C=O) groups is 1. The van der Waals surface area contributed by atoms with Crippen molar-refractivity contribution in [3.63, 3.8) is 0 Å². The van der Waals surface area contributed by atoms with Crippen LogP contribution in [-0.2, 0) is 0 Å². The predicted octanol–water partition coefficient (Wildman–Crippen LogP) is 1.10. The van der Waals surface area contributed by atoms with Crippen LogP contribution >= 0.6 is 0 Å². The van der Waals surface area contributed by atoms with Gasteiger partial charge in [-0.2, -0.15) is 0 Å². The normalized spacial score (nSPS) is 28.1. The zero-order valence-corrected chi connectivity index (χ0v) is 9.11. The van der Waals surface area contributed by atoms with E-state index in [4.69, 9.17) is 0 Å². The topological polar surface area (TPSA) is 52.6 Å². The van der Waals surface area contributed by atoms with E-state index in [9.17, 15) is 9.90 Å². The summed E-state index contributed by atoms with van der Waals surface area (Å²) in [6.07, 6.45) is 6.39. The van der Waals surface area contributed by atoms with Crippen LogP contribution in [0.5, 0.6) is 0 Å². The number of aliphatic hydroxyl groups is 1. The summed E-state index contributed by atoms with van der Waals surface area (Å²) in [5.41, 5.74) is 0. The summed E-state index contributed by atoms with van der Waals surface area (Å²) in [6.45, 7) is 1.19. The third-order valence-electron chi connectivity index (χ3n) is 3.38. The van der Waals surface area contributed by atoms with Crippen LogP contribution in [-0.4, -0.2) is 41.3 Å². The molecule has 1 atom stereocenters. The molecule has 1 aliphatic heterocycles. The first-order valence-corrected chi connectivity index (χ1v) is 5.99. The third-order valence-corrected chi connectivity index (χ3v) is 3.38. The van der Waals surface area contributed by atoms with Crippen molar-refractivity contribution in [1.29, 1.82) is 0 Å². The first-order valence-electron chi connectivity index (χ1n) is 5.99. The van der Waals surface area contributed by atoms with E-state index >= 15 is 0 Å². The number of rotatable bonds is 1. The van der Waals surface area contributed by atoms with Crippen LogP contribution in [0, 0.1) is 0 Å².